The number of carbonyl (C=O) groups is 1. The van der Waals surface area contributed by atoms with E-state index in [1.165, 1.54) is 13.0 Å². The van der Waals surface area contributed by atoms with E-state index < -0.39 is 15.7 Å². The number of hydrogen-bond donors (Lipinski definition) is 1. The van der Waals surface area contributed by atoms with Crippen LogP contribution in [-0.4, -0.2) is 42.6 Å². The number of anilines is 1. The van der Waals surface area contributed by atoms with Crippen molar-refractivity contribution in [1.82, 2.24) is 9.36 Å². The smallest absolute Gasteiger partial charge is 0.268 e. The highest BCUT2D eigenvalue weighted by atomic mass is 32.2. The first-order valence-electron chi connectivity index (χ1n) is 10.2. The van der Waals surface area contributed by atoms with Gasteiger partial charge in [0.25, 0.3) is 11.1 Å². The molecule has 9 nitrogen and oxygen atoms in total. The lowest BCUT2D eigenvalue weighted by molar-refractivity contribution is -0.112. The second kappa shape index (κ2) is 11.4. The molecular weight excluding hydrogens is 476 g/mol. The lowest BCUT2D eigenvalue weighted by Crippen LogP contribution is -2.13. The number of hydrogen-bond acceptors (Lipinski definition) is 9. The summed E-state index contributed by atoms with van der Waals surface area (Å²) in [6, 6.07) is 16.4. The molecule has 1 aromatic heterocycles. The number of aromatic nitrogens is 2. The molecule has 3 aromatic rings. The molecule has 0 radical (unpaired) electrons. The molecule has 0 saturated carbocycles. The van der Waals surface area contributed by atoms with Crippen molar-refractivity contribution in [2.24, 2.45) is 0 Å². The van der Waals surface area contributed by atoms with E-state index in [0.29, 0.717) is 24.5 Å². The van der Waals surface area contributed by atoms with Crippen molar-refractivity contribution >= 4 is 38.5 Å². The van der Waals surface area contributed by atoms with Crippen LogP contribution < -0.4 is 14.8 Å². The van der Waals surface area contributed by atoms with E-state index in [1.54, 1.807) is 24.3 Å². The highest BCUT2D eigenvalue weighted by molar-refractivity contribution is 7.91. The second-order valence-electron chi connectivity index (χ2n) is 6.94. The quantitative estimate of drug-likeness (QED) is 0.255. The summed E-state index contributed by atoms with van der Waals surface area (Å²) in [5.41, 5.74) is 1.49. The van der Waals surface area contributed by atoms with Crippen molar-refractivity contribution in [2.75, 3.05) is 24.3 Å². The Kier molecular flexibility index (Phi) is 8.34. The van der Waals surface area contributed by atoms with Crippen molar-refractivity contribution in [3.8, 4) is 17.6 Å². The predicted octanol–water partition coefficient (Wildman–Crippen LogP) is 3.64. The number of nitrogens with zero attached hydrogens (tertiary/aromatic N) is 3. The van der Waals surface area contributed by atoms with Crippen LogP contribution in [0.15, 0.2) is 59.3 Å². The Balaban J connectivity index is 1.56. The summed E-state index contributed by atoms with van der Waals surface area (Å²) in [4.78, 5) is 16.2. The summed E-state index contributed by atoms with van der Waals surface area (Å²) in [5, 5.41) is 11.4. The number of carbonyl (C=O) groups excluding carboxylic acids is 1. The van der Waals surface area contributed by atoms with Crippen molar-refractivity contribution in [2.45, 2.75) is 19.0 Å². The number of benzene rings is 2. The molecule has 3 rings (SSSR count). The van der Waals surface area contributed by atoms with Crippen molar-refractivity contribution in [3.05, 3.63) is 65.2 Å². The maximum absolute atomic E-state index is 12.4. The number of sulfone groups is 1. The Hall–Kier alpha value is -3.75. The minimum atomic E-state index is -3.58. The number of rotatable bonds is 10. The third kappa shape index (κ3) is 6.63. The van der Waals surface area contributed by atoms with Crippen LogP contribution >= 0.6 is 11.5 Å². The predicted molar refractivity (Wildman–Crippen MR) is 128 cm³/mol. The average molecular weight is 499 g/mol. The molecule has 11 heteroatoms. The Morgan fingerprint density at radius 2 is 1.85 bits per heavy atom. The van der Waals surface area contributed by atoms with Gasteiger partial charge in [0.15, 0.2) is 0 Å². The third-order valence-electron chi connectivity index (χ3n) is 4.55. The number of amides is 1. The van der Waals surface area contributed by atoms with Crippen molar-refractivity contribution in [3.63, 3.8) is 0 Å². The number of aryl methyl sites for hydroxylation is 1. The minimum absolute atomic E-state index is 0.00478. The van der Waals surface area contributed by atoms with Gasteiger partial charge in [-0.05, 0) is 42.3 Å². The van der Waals surface area contributed by atoms with Crippen LogP contribution in [0.1, 0.15) is 18.1 Å². The molecule has 0 atom stereocenters. The van der Waals surface area contributed by atoms with Gasteiger partial charge in [0.2, 0.25) is 15.0 Å². The molecule has 2 aromatic carbocycles. The summed E-state index contributed by atoms with van der Waals surface area (Å²) >= 11 is 0.729. The van der Waals surface area contributed by atoms with Crippen LogP contribution in [-0.2, 0) is 14.6 Å². The topological polar surface area (TPSA) is 131 Å². The SMILES string of the molecule is CCS(=O)(=O)c1nsc(NC(=O)C(C#N)=Cc2ccc(OCCOc3ccccc3C)cc2)n1. The van der Waals surface area contributed by atoms with Crippen LogP contribution in [0.5, 0.6) is 11.5 Å². The fraction of sp³-hybridized carbons (Fsp3) is 0.217. The molecule has 1 heterocycles. The van der Waals surface area contributed by atoms with E-state index in [9.17, 15) is 18.5 Å². The molecule has 0 aliphatic heterocycles. The fourth-order valence-electron chi connectivity index (χ4n) is 2.69. The molecular formula is C23H22N4O5S2. The first-order valence-corrected chi connectivity index (χ1v) is 12.7. The molecule has 0 aliphatic rings. The van der Waals surface area contributed by atoms with Gasteiger partial charge in [0.05, 0.1) is 5.75 Å². The van der Waals surface area contributed by atoms with E-state index in [1.807, 2.05) is 37.3 Å². The van der Waals surface area contributed by atoms with Gasteiger partial charge in [-0.2, -0.15) is 14.6 Å². The lowest BCUT2D eigenvalue weighted by Gasteiger charge is -2.10. The van der Waals surface area contributed by atoms with E-state index in [2.05, 4.69) is 14.7 Å². The molecule has 1 amide bonds. The normalized spacial score (nSPS) is 11.5. The van der Waals surface area contributed by atoms with Gasteiger partial charge >= 0.3 is 0 Å². The zero-order valence-electron chi connectivity index (χ0n) is 18.5. The largest absolute Gasteiger partial charge is 0.490 e. The number of nitrogens with one attached hydrogen (secondary N) is 1. The van der Waals surface area contributed by atoms with Gasteiger partial charge in [-0.15, -0.1) is 0 Å². The number of nitriles is 1. The van der Waals surface area contributed by atoms with E-state index in [4.69, 9.17) is 9.47 Å². The maximum atomic E-state index is 12.4. The zero-order valence-corrected chi connectivity index (χ0v) is 20.1. The monoisotopic (exact) mass is 498 g/mol. The van der Waals surface area contributed by atoms with Gasteiger partial charge in [-0.3, -0.25) is 10.1 Å². The summed E-state index contributed by atoms with van der Waals surface area (Å²) in [6.45, 7) is 4.19. The number of para-hydroxylation sites is 1. The van der Waals surface area contributed by atoms with Gasteiger partial charge < -0.3 is 9.47 Å². The van der Waals surface area contributed by atoms with E-state index in [0.717, 1.165) is 22.8 Å². The molecule has 0 aliphatic carbocycles. The molecule has 176 valence electrons. The van der Waals surface area contributed by atoms with Gasteiger partial charge in [0, 0.05) is 11.5 Å². The molecule has 0 spiro atoms. The maximum Gasteiger partial charge on any atom is 0.268 e. The Morgan fingerprint density at radius 3 is 2.53 bits per heavy atom. The van der Waals surface area contributed by atoms with Gasteiger partial charge in [-0.1, -0.05) is 37.3 Å². The molecule has 0 bridgehead atoms. The lowest BCUT2D eigenvalue weighted by atomic mass is 10.1. The fourth-order valence-corrected chi connectivity index (χ4v) is 4.27. The van der Waals surface area contributed by atoms with Crippen LogP contribution in [0.2, 0.25) is 0 Å². The third-order valence-corrected chi connectivity index (χ3v) is 6.79. The first-order chi connectivity index (χ1) is 16.3. The first kappa shape index (κ1) is 24.9. The second-order valence-corrected chi connectivity index (χ2v) is 9.86. The summed E-state index contributed by atoms with van der Waals surface area (Å²) < 4.78 is 38.7. The molecule has 1 N–H and O–H groups in total. The standard InChI is InChI=1S/C23H22N4O5S2/c1-3-34(29,30)23-26-22(33-27-23)25-21(28)18(15-24)14-17-8-10-19(11-9-17)31-12-13-32-20-7-5-4-6-16(20)2/h4-11,14H,3,12-13H2,1-2H3,(H,25,26,27,28). The number of ether oxygens (including phenoxy) is 2. The van der Waals surface area contributed by atoms with E-state index in [-0.39, 0.29) is 21.6 Å². The van der Waals surface area contributed by atoms with Crippen LogP contribution in [0, 0.1) is 18.3 Å². The van der Waals surface area contributed by atoms with Crippen LogP contribution in [0.3, 0.4) is 0 Å². The highest BCUT2D eigenvalue weighted by Crippen LogP contribution is 2.19. The van der Waals surface area contributed by atoms with Gasteiger partial charge in [0.1, 0.15) is 36.4 Å². The Labute approximate surface area is 201 Å². The van der Waals surface area contributed by atoms with Gasteiger partial charge in [-0.25, -0.2) is 8.42 Å². The molecule has 34 heavy (non-hydrogen) atoms. The molecule has 0 fully saturated rings. The van der Waals surface area contributed by atoms with Crippen molar-refractivity contribution in [1.29, 1.82) is 5.26 Å². The van der Waals surface area contributed by atoms with Crippen LogP contribution in [0.25, 0.3) is 6.08 Å². The Bertz CT molecular complexity index is 1330. The summed E-state index contributed by atoms with van der Waals surface area (Å²) in [5.74, 6) is 0.560. The molecule has 0 unspecified atom stereocenters. The molecule has 0 saturated heterocycles. The zero-order chi connectivity index (χ0) is 24.6. The minimum Gasteiger partial charge on any atom is -0.490 e. The summed E-state index contributed by atoms with van der Waals surface area (Å²) in [7, 11) is -3.58. The summed E-state index contributed by atoms with van der Waals surface area (Å²) in [6.07, 6.45) is 1.41. The van der Waals surface area contributed by atoms with E-state index >= 15 is 0 Å². The highest BCUT2D eigenvalue weighted by Gasteiger charge is 2.20. The average Bonchev–Trinajstić information content (AvgIpc) is 3.31. The van der Waals surface area contributed by atoms with Crippen molar-refractivity contribution < 1.29 is 22.7 Å². The van der Waals surface area contributed by atoms with Crippen LogP contribution in [0.4, 0.5) is 5.13 Å². The Morgan fingerprint density at radius 1 is 1.15 bits per heavy atom.